The summed E-state index contributed by atoms with van der Waals surface area (Å²) in [6, 6.07) is 8.74. The molecule has 0 fully saturated rings. The summed E-state index contributed by atoms with van der Waals surface area (Å²) in [7, 11) is 2.17. The van der Waals surface area contributed by atoms with Crippen molar-refractivity contribution in [2.24, 2.45) is 0 Å². The fourth-order valence-corrected chi connectivity index (χ4v) is 1.97. The van der Waals surface area contributed by atoms with Gasteiger partial charge in [0.2, 0.25) is 0 Å². The highest BCUT2D eigenvalue weighted by atomic mass is 15.1. The van der Waals surface area contributed by atoms with E-state index in [-0.39, 0.29) is 0 Å². The first-order valence-corrected chi connectivity index (χ1v) is 5.54. The van der Waals surface area contributed by atoms with Crippen LogP contribution in [0.15, 0.2) is 30.5 Å². The summed E-state index contributed by atoms with van der Waals surface area (Å²) in [4.78, 5) is 5.60. The lowest BCUT2D eigenvalue weighted by Crippen LogP contribution is -2.18. The number of H-pyrrole nitrogens is 1. The Hall–Kier alpha value is -1.28. The number of nitrogens with one attached hydrogen (secondary N) is 1. The van der Waals surface area contributed by atoms with E-state index >= 15 is 0 Å². The largest absolute Gasteiger partial charge is 0.361 e. The first-order chi connectivity index (χ1) is 7.29. The molecule has 0 amide bonds. The summed E-state index contributed by atoms with van der Waals surface area (Å²) in [5, 5.41) is 1.29. The number of hydrogen-bond acceptors (Lipinski definition) is 1. The molecule has 0 atom stereocenters. The molecule has 0 spiro atoms. The Labute approximate surface area is 90.9 Å². The second-order valence-corrected chi connectivity index (χ2v) is 4.14. The third-order valence-corrected chi connectivity index (χ3v) is 2.68. The first-order valence-electron chi connectivity index (χ1n) is 5.54. The predicted octanol–water partition coefficient (Wildman–Crippen LogP) is 3.01. The van der Waals surface area contributed by atoms with Crippen LogP contribution >= 0.6 is 0 Å². The Balaban J connectivity index is 2.14. The van der Waals surface area contributed by atoms with Crippen LogP contribution < -0.4 is 0 Å². The van der Waals surface area contributed by atoms with Crippen molar-refractivity contribution in [2.75, 3.05) is 13.6 Å². The van der Waals surface area contributed by atoms with Crippen molar-refractivity contribution in [1.82, 2.24) is 9.88 Å². The maximum absolute atomic E-state index is 3.25. The second-order valence-electron chi connectivity index (χ2n) is 4.14. The fraction of sp³-hybridized carbons (Fsp3) is 0.385. The molecule has 0 aliphatic carbocycles. The standard InChI is InChI=1S/C13H18N2/c1-3-8-15(2)10-11-4-5-12-6-7-14-13(12)9-11/h4-7,9,14H,3,8,10H2,1-2H3. The average molecular weight is 202 g/mol. The Morgan fingerprint density at radius 2 is 2.13 bits per heavy atom. The molecular formula is C13H18N2. The highest BCUT2D eigenvalue weighted by molar-refractivity contribution is 5.79. The number of rotatable bonds is 4. The van der Waals surface area contributed by atoms with Gasteiger partial charge in [-0.2, -0.15) is 0 Å². The molecule has 80 valence electrons. The quantitative estimate of drug-likeness (QED) is 0.807. The predicted molar refractivity (Wildman–Crippen MR) is 64.9 cm³/mol. The molecule has 0 saturated heterocycles. The van der Waals surface area contributed by atoms with Crippen LogP contribution in [0.3, 0.4) is 0 Å². The monoisotopic (exact) mass is 202 g/mol. The van der Waals surface area contributed by atoms with Gasteiger partial charge in [-0.3, -0.25) is 0 Å². The molecule has 2 aromatic rings. The molecule has 1 aromatic carbocycles. The van der Waals surface area contributed by atoms with Crippen LogP contribution in [0, 0.1) is 0 Å². The van der Waals surface area contributed by atoms with E-state index in [9.17, 15) is 0 Å². The van der Waals surface area contributed by atoms with Crippen molar-refractivity contribution in [1.29, 1.82) is 0 Å². The fourth-order valence-electron chi connectivity index (χ4n) is 1.97. The number of hydrogen-bond donors (Lipinski definition) is 1. The number of nitrogens with zero attached hydrogens (tertiary/aromatic N) is 1. The van der Waals surface area contributed by atoms with Crippen LogP contribution in [0.2, 0.25) is 0 Å². The van der Waals surface area contributed by atoms with Crippen LogP contribution in [0.1, 0.15) is 18.9 Å². The summed E-state index contributed by atoms with van der Waals surface area (Å²) in [5.41, 5.74) is 2.61. The van der Waals surface area contributed by atoms with Gasteiger partial charge in [0.05, 0.1) is 0 Å². The van der Waals surface area contributed by atoms with Crippen molar-refractivity contribution in [3.63, 3.8) is 0 Å². The van der Waals surface area contributed by atoms with Crippen LogP contribution in [-0.4, -0.2) is 23.5 Å². The normalized spacial score (nSPS) is 11.4. The lowest BCUT2D eigenvalue weighted by Gasteiger charge is -2.15. The van der Waals surface area contributed by atoms with Gasteiger partial charge in [0.25, 0.3) is 0 Å². The SMILES string of the molecule is CCCN(C)Cc1ccc2cc[nH]c2c1. The van der Waals surface area contributed by atoms with E-state index in [0.717, 1.165) is 13.1 Å². The van der Waals surface area contributed by atoms with Gasteiger partial charge in [-0.05, 0) is 43.1 Å². The smallest absolute Gasteiger partial charge is 0.0457 e. The summed E-state index contributed by atoms with van der Waals surface area (Å²) in [5.74, 6) is 0. The van der Waals surface area contributed by atoms with E-state index < -0.39 is 0 Å². The average Bonchev–Trinajstić information content (AvgIpc) is 2.65. The Morgan fingerprint density at radius 3 is 2.93 bits per heavy atom. The Bertz CT molecular complexity index is 431. The number of aromatic amines is 1. The van der Waals surface area contributed by atoms with Crippen molar-refractivity contribution in [3.05, 3.63) is 36.0 Å². The van der Waals surface area contributed by atoms with E-state index in [4.69, 9.17) is 0 Å². The maximum atomic E-state index is 3.25. The van der Waals surface area contributed by atoms with Gasteiger partial charge in [-0.25, -0.2) is 0 Å². The number of fused-ring (bicyclic) bond motifs is 1. The zero-order valence-corrected chi connectivity index (χ0v) is 9.46. The van der Waals surface area contributed by atoms with Gasteiger partial charge in [0, 0.05) is 18.3 Å². The van der Waals surface area contributed by atoms with Gasteiger partial charge in [0.1, 0.15) is 0 Å². The van der Waals surface area contributed by atoms with E-state index in [2.05, 4.69) is 48.1 Å². The maximum Gasteiger partial charge on any atom is 0.0457 e. The lowest BCUT2D eigenvalue weighted by atomic mass is 10.1. The van der Waals surface area contributed by atoms with Crippen molar-refractivity contribution in [2.45, 2.75) is 19.9 Å². The van der Waals surface area contributed by atoms with Gasteiger partial charge < -0.3 is 9.88 Å². The number of aromatic nitrogens is 1. The molecule has 2 rings (SSSR count). The van der Waals surface area contributed by atoms with Crippen LogP contribution in [-0.2, 0) is 6.54 Å². The highest BCUT2D eigenvalue weighted by Crippen LogP contribution is 2.15. The highest BCUT2D eigenvalue weighted by Gasteiger charge is 2.00. The molecule has 0 aliphatic heterocycles. The molecule has 0 saturated carbocycles. The summed E-state index contributed by atoms with van der Waals surface area (Å²) >= 11 is 0. The number of benzene rings is 1. The van der Waals surface area contributed by atoms with E-state index in [1.165, 1.54) is 22.9 Å². The van der Waals surface area contributed by atoms with Crippen molar-refractivity contribution >= 4 is 10.9 Å². The van der Waals surface area contributed by atoms with Crippen LogP contribution in [0.4, 0.5) is 0 Å². The zero-order valence-electron chi connectivity index (χ0n) is 9.46. The molecule has 0 bridgehead atoms. The third-order valence-electron chi connectivity index (χ3n) is 2.68. The van der Waals surface area contributed by atoms with Gasteiger partial charge >= 0.3 is 0 Å². The molecule has 1 N–H and O–H groups in total. The van der Waals surface area contributed by atoms with Gasteiger partial charge in [-0.1, -0.05) is 19.1 Å². The minimum atomic E-state index is 1.03. The first kappa shape index (κ1) is 10.2. The molecule has 0 aliphatic rings. The topological polar surface area (TPSA) is 19.0 Å². The molecule has 1 aromatic heterocycles. The minimum Gasteiger partial charge on any atom is -0.361 e. The van der Waals surface area contributed by atoms with E-state index in [1.54, 1.807) is 0 Å². The Kier molecular flexibility index (Phi) is 3.07. The molecule has 2 heteroatoms. The third kappa shape index (κ3) is 2.39. The molecular weight excluding hydrogens is 184 g/mol. The Morgan fingerprint density at radius 1 is 1.27 bits per heavy atom. The second kappa shape index (κ2) is 4.49. The zero-order chi connectivity index (χ0) is 10.7. The van der Waals surface area contributed by atoms with Gasteiger partial charge in [-0.15, -0.1) is 0 Å². The van der Waals surface area contributed by atoms with E-state index in [0.29, 0.717) is 0 Å². The molecule has 0 radical (unpaired) electrons. The summed E-state index contributed by atoms with van der Waals surface area (Å²) in [6.07, 6.45) is 3.20. The van der Waals surface area contributed by atoms with Crippen LogP contribution in [0.5, 0.6) is 0 Å². The van der Waals surface area contributed by atoms with E-state index in [1.807, 2.05) is 6.20 Å². The molecule has 2 nitrogen and oxygen atoms in total. The van der Waals surface area contributed by atoms with Gasteiger partial charge in [0.15, 0.2) is 0 Å². The molecule has 15 heavy (non-hydrogen) atoms. The van der Waals surface area contributed by atoms with Crippen molar-refractivity contribution in [3.8, 4) is 0 Å². The minimum absolute atomic E-state index is 1.03. The summed E-state index contributed by atoms with van der Waals surface area (Å²) < 4.78 is 0. The van der Waals surface area contributed by atoms with Crippen LogP contribution in [0.25, 0.3) is 10.9 Å². The summed E-state index contributed by atoms with van der Waals surface area (Å²) in [6.45, 7) is 4.40. The van der Waals surface area contributed by atoms with Crippen molar-refractivity contribution < 1.29 is 0 Å². The molecule has 1 heterocycles. The molecule has 0 unspecified atom stereocenters. The lowest BCUT2D eigenvalue weighted by molar-refractivity contribution is 0.327.